The molecule has 3 N–H and O–H groups in total. The highest BCUT2D eigenvalue weighted by Crippen LogP contribution is 2.24. The van der Waals surface area contributed by atoms with Gasteiger partial charge >= 0.3 is 0 Å². The van der Waals surface area contributed by atoms with E-state index in [0.29, 0.717) is 18.2 Å². The Morgan fingerprint density at radius 2 is 2.10 bits per heavy atom. The highest BCUT2D eigenvalue weighted by Gasteiger charge is 2.19. The van der Waals surface area contributed by atoms with Crippen LogP contribution in [0.15, 0.2) is 18.2 Å². The maximum atomic E-state index is 12.2. The molecular formula is C17H26N2O2. The number of rotatable bonds is 5. The minimum Gasteiger partial charge on any atom is -0.399 e. The largest absolute Gasteiger partial charge is 0.399 e. The van der Waals surface area contributed by atoms with Gasteiger partial charge in [0.15, 0.2) is 0 Å². The van der Waals surface area contributed by atoms with Gasteiger partial charge < -0.3 is 15.8 Å². The minimum absolute atomic E-state index is 0.112. The van der Waals surface area contributed by atoms with Crippen molar-refractivity contribution >= 4 is 17.3 Å². The van der Waals surface area contributed by atoms with Crippen molar-refractivity contribution in [2.45, 2.75) is 52.1 Å². The number of anilines is 2. The summed E-state index contributed by atoms with van der Waals surface area (Å²) in [6.07, 6.45) is 5.92. The van der Waals surface area contributed by atoms with Gasteiger partial charge in [0.1, 0.15) is 6.10 Å². The molecule has 1 aliphatic rings. The van der Waals surface area contributed by atoms with Crippen LogP contribution in [-0.2, 0) is 9.53 Å². The lowest BCUT2D eigenvalue weighted by atomic mass is 9.90. The summed E-state index contributed by atoms with van der Waals surface area (Å²) in [7, 11) is 0. The normalized spacial score (nSPS) is 17.4. The summed E-state index contributed by atoms with van der Waals surface area (Å²) in [6, 6.07) is 5.51. The van der Waals surface area contributed by atoms with Crippen molar-refractivity contribution in [3.63, 3.8) is 0 Å². The number of hydrogen-bond donors (Lipinski definition) is 2. The lowest BCUT2D eigenvalue weighted by Gasteiger charge is -2.23. The number of benzene rings is 1. The van der Waals surface area contributed by atoms with Gasteiger partial charge in [-0.3, -0.25) is 4.79 Å². The molecule has 21 heavy (non-hydrogen) atoms. The van der Waals surface area contributed by atoms with Gasteiger partial charge in [0.2, 0.25) is 0 Å². The first-order valence-electron chi connectivity index (χ1n) is 7.85. The highest BCUT2D eigenvalue weighted by atomic mass is 16.5. The van der Waals surface area contributed by atoms with Crippen molar-refractivity contribution in [1.29, 1.82) is 0 Å². The molecule has 1 aliphatic carbocycles. The summed E-state index contributed by atoms with van der Waals surface area (Å²) in [4.78, 5) is 12.2. The molecule has 1 amide bonds. The van der Waals surface area contributed by atoms with Crippen LogP contribution in [0.1, 0.15) is 44.6 Å². The fraction of sp³-hybridized carbons (Fsp3) is 0.588. The molecule has 1 aromatic carbocycles. The molecule has 4 nitrogen and oxygen atoms in total. The molecule has 0 spiro atoms. The molecule has 0 aliphatic heterocycles. The Labute approximate surface area is 127 Å². The number of amides is 1. The highest BCUT2D eigenvalue weighted by molar-refractivity contribution is 5.95. The van der Waals surface area contributed by atoms with Gasteiger partial charge in [0.05, 0.1) is 6.61 Å². The molecule has 1 unspecified atom stereocenters. The van der Waals surface area contributed by atoms with Crippen LogP contribution in [0.5, 0.6) is 0 Å². The van der Waals surface area contributed by atoms with Gasteiger partial charge in [-0.05, 0) is 50.3 Å². The lowest BCUT2D eigenvalue weighted by Crippen LogP contribution is -2.30. The van der Waals surface area contributed by atoms with E-state index in [1.807, 2.05) is 19.1 Å². The Morgan fingerprint density at radius 3 is 2.81 bits per heavy atom. The Kier molecular flexibility index (Phi) is 5.62. The van der Waals surface area contributed by atoms with Crippen LogP contribution >= 0.6 is 0 Å². The number of carbonyl (C=O) groups is 1. The predicted molar refractivity (Wildman–Crippen MR) is 86.2 cm³/mol. The third-order valence-electron chi connectivity index (χ3n) is 4.20. The maximum absolute atomic E-state index is 12.2. The van der Waals surface area contributed by atoms with E-state index < -0.39 is 6.10 Å². The van der Waals surface area contributed by atoms with Crippen LogP contribution in [0.4, 0.5) is 11.4 Å². The number of carbonyl (C=O) groups excluding carboxylic acids is 1. The van der Waals surface area contributed by atoms with E-state index in [2.05, 4.69) is 5.32 Å². The second-order valence-corrected chi connectivity index (χ2v) is 6.04. The third-order valence-corrected chi connectivity index (χ3v) is 4.20. The van der Waals surface area contributed by atoms with Crippen LogP contribution in [0.3, 0.4) is 0 Å². The average molecular weight is 290 g/mol. The molecule has 1 saturated carbocycles. The Bertz CT molecular complexity index is 482. The smallest absolute Gasteiger partial charge is 0.253 e. The molecule has 1 aromatic rings. The summed E-state index contributed by atoms with van der Waals surface area (Å²) in [5, 5.41) is 2.89. The minimum atomic E-state index is -0.437. The zero-order chi connectivity index (χ0) is 15.2. The van der Waals surface area contributed by atoms with Crippen molar-refractivity contribution in [1.82, 2.24) is 0 Å². The molecule has 1 atom stereocenters. The first-order valence-corrected chi connectivity index (χ1v) is 7.85. The van der Waals surface area contributed by atoms with E-state index in [0.717, 1.165) is 11.3 Å². The van der Waals surface area contributed by atoms with Gasteiger partial charge in [0, 0.05) is 11.4 Å². The molecule has 4 heteroatoms. The van der Waals surface area contributed by atoms with E-state index >= 15 is 0 Å². The van der Waals surface area contributed by atoms with E-state index in [1.165, 1.54) is 32.1 Å². The number of ether oxygens (including phenoxy) is 1. The molecule has 2 rings (SSSR count). The number of nitrogens with one attached hydrogen (secondary N) is 1. The molecule has 0 aromatic heterocycles. The molecule has 1 fully saturated rings. The van der Waals surface area contributed by atoms with Crippen molar-refractivity contribution < 1.29 is 9.53 Å². The van der Waals surface area contributed by atoms with Crippen molar-refractivity contribution in [3.05, 3.63) is 23.8 Å². The molecule has 116 valence electrons. The summed E-state index contributed by atoms with van der Waals surface area (Å²) in [5.41, 5.74) is 8.15. The second kappa shape index (κ2) is 7.46. The van der Waals surface area contributed by atoms with Gasteiger partial charge in [-0.1, -0.05) is 25.3 Å². The number of aryl methyl sites for hydroxylation is 1. The Morgan fingerprint density at radius 1 is 1.38 bits per heavy atom. The third kappa shape index (κ3) is 4.74. The number of nitrogen functional groups attached to an aromatic ring is 1. The molecule has 0 bridgehead atoms. The number of nitrogens with two attached hydrogens (primary N) is 1. The predicted octanol–water partition coefficient (Wildman–Crippen LogP) is 3.50. The van der Waals surface area contributed by atoms with Gasteiger partial charge in [-0.15, -0.1) is 0 Å². The lowest BCUT2D eigenvalue weighted by molar-refractivity contribution is -0.127. The van der Waals surface area contributed by atoms with Crippen molar-refractivity contribution in [2.75, 3.05) is 17.7 Å². The first kappa shape index (κ1) is 15.8. The van der Waals surface area contributed by atoms with E-state index in [-0.39, 0.29) is 5.91 Å². The van der Waals surface area contributed by atoms with Gasteiger partial charge in [0.25, 0.3) is 5.91 Å². The maximum Gasteiger partial charge on any atom is 0.253 e. The molecular weight excluding hydrogens is 264 g/mol. The zero-order valence-electron chi connectivity index (χ0n) is 13.0. The SMILES string of the molecule is Cc1ccc(N)cc1NC(=O)C(C)OCC1CCCCC1. The molecule has 0 heterocycles. The summed E-state index contributed by atoms with van der Waals surface area (Å²) in [5.74, 6) is 0.502. The number of hydrogen-bond acceptors (Lipinski definition) is 3. The van der Waals surface area contributed by atoms with Gasteiger partial charge in [-0.25, -0.2) is 0 Å². The first-order chi connectivity index (χ1) is 10.1. The summed E-state index contributed by atoms with van der Waals surface area (Å²) < 4.78 is 5.74. The Balaban J connectivity index is 1.82. The van der Waals surface area contributed by atoms with Crippen LogP contribution in [-0.4, -0.2) is 18.6 Å². The average Bonchev–Trinajstić information content (AvgIpc) is 2.49. The van der Waals surface area contributed by atoms with E-state index in [4.69, 9.17) is 10.5 Å². The van der Waals surface area contributed by atoms with Crippen LogP contribution in [0.2, 0.25) is 0 Å². The zero-order valence-corrected chi connectivity index (χ0v) is 13.0. The second-order valence-electron chi connectivity index (χ2n) is 6.04. The van der Waals surface area contributed by atoms with Crippen LogP contribution < -0.4 is 11.1 Å². The topological polar surface area (TPSA) is 64.3 Å². The Hall–Kier alpha value is -1.55. The van der Waals surface area contributed by atoms with Crippen LogP contribution in [0, 0.1) is 12.8 Å². The standard InChI is InChI=1S/C17H26N2O2/c1-12-8-9-15(18)10-16(12)19-17(20)13(2)21-11-14-6-4-3-5-7-14/h8-10,13-14H,3-7,11,18H2,1-2H3,(H,19,20). The van der Waals surface area contributed by atoms with Gasteiger partial charge in [-0.2, -0.15) is 0 Å². The van der Waals surface area contributed by atoms with Crippen LogP contribution in [0.25, 0.3) is 0 Å². The summed E-state index contributed by atoms with van der Waals surface area (Å²) in [6.45, 7) is 4.44. The monoisotopic (exact) mass is 290 g/mol. The molecule has 0 radical (unpaired) electrons. The van der Waals surface area contributed by atoms with E-state index in [1.54, 1.807) is 13.0 Å². The van der Waals surface area contributed by atoms with E-state index in [9.17, 15) is 4.79 Å². The van der Waals surface area contributed by atoms with Crippen molar-refractivity contribution in [3.8, 4) is 0 Å². The fourth-order valence-corrected chi connectivity index (χ4v) is 2.72. The van der Waals surface area contributed by atoms with Crippen molar-refractivity contribution in [2.24, 2.45) is 5.92 Å². The molecule has 0 saturated heterocycles. The summed E-state index contributed by atoms with van der Waals surface area (Å²) >= 11 is 0. The fourth-order valence-electron chi connectivity index (χ4n) is 2.72. The quantitative estimate of drug-likeness (QED) is 0.816.